The molecule has 0 radical (unpaired) electrons. The molecule has 0 saturated heterocycles. The Balaban J connectivity index is 1.76. The van der Waals surface area contributed by atoms with Gasteiger partial charge in [-0.1, -0.05) is 29.4 Å². The van der Waals surface area contributed by atoms with E-state index in [9.17, 15) is 13.2 Å². The molecule has 0 aliphatic carbocycles. The van der Waals surface area contributed by atoms with Crippen LogP contribution in [0.3, 0.4) is 0 Å². The molecule has 146 valence electrons. The Morgan fingerprint density at radius 1 is 1.11 bits per heavy atom. The molecular weight excluding hydrogens is 380 g/mol. The largest absolute Gasteiger partial charge is 0.337 e. The van der Waals surface area contributed by atoms with E-state index in [0.717, 1.165) is 11.1 Å². The van der Waals surface area contributed by atoms with Crippen LogP contribution >= 0.6 is 0 Å². The van der Waals surface area contributed by atoms with Gasteiger partial charge in [0.05, 0.1) is 10.9 Å². The Hall–Kier alpha value is -3.04. The van der Waals surface area contributed by atoms with Gasteiger partial charge in [-0.05, 0) is 43.7 Å². The summed E-state index contributed by atoms with van der Waals surface area (Å²) in [6, 6.07) is 12.7. The second kappa shape index (κ2) is 7.91. The highest BCUT2D eigenvalue weighted by molar-refractivity contribution is 7.89. The molecule has 1 heterocycles. The number of anilines is 1. The first kappa shape index (κ1) is 19.7. The highest BCUT2D eigenvalue weighted by Gasteiger charge is 2.23. The molecule has 1 atom stereocenters. The Bertz CT molecular complexity index is 1090. The predicted octanol–water partition coefficient (Wildman–Crippen LogP) is 3.04. The number of nitrogens with zero attached hydrogens (tertiary/aromatic N) is 2. The summed E-state index contributed by atoms with van der Waals surface area (Å²) < 4.78 is 32.9. The van der Waals surface area contributed by atoms with Gasteiger partial charge in [0, 0.05) is 18.2 Å². The van der Waals surface area contributed by atoms with Gasteiger partial charge in [0.15, 0.2) is 0 Å². The van der Waals surface area contributed by atoms with Crippen molar-refractivity contribution in [3.05, 3.63) is 60.0 Å². The summed E-state index contributed by atoms with van der Waals surface area (Å²) in [5.41, 5.74) is 2.32. The van der Waals surface area contributed by atoms with Crippen molar-refractivity contribution in [2.45, 2.75) is 31.7 Å². The molecule has 1 amide bonds. The Kier molecular flexibility index (Phi) is 5.57. The zero-order valence-corrected chi connectivity index (χ0v) is 16.4. The van der Waals surface area contributed by atoms with E-state index in [-0.39, 0.29) is 16.7 Å². The lowest BCUT2D eigenvalue weighted by atomic mass is 10.1. The van der Waals surface area contributed by atoms with Gasteiger partial charge in [-0.15, -0.1) is 0 Å². The number of carbonyl (C=O) groups excluding carboxylic acids is 1. The van der Waals surface area contributed by atoms with Crippen molar-refractivity contribution >= 4 is 21.6 Å². The third-order valence-electron chi connectivity index (χ3n) is 4.02. The summed E-state index contributed by atoms with van der Waals surface area (Å²) in [6.45, 7) is 4.93. The molecule has 1 unspecified atom stereocenters. The molecule has 3 rings (SSSR count). The lowest BCUT2D eigenvalue weighted by Crippen LogP contribution is -2.27. The summed E-state index contributed by atoms with van der Waals surface area (Å²) in [5, 5.41) is 6.53. The van der Waals surface area contributed by atoms with E-state index in [1.165, 1.54) is 31.2 Å². The van der Waals surface area contributed by atoms with Gasteiger partial charge in [-0.3, -0.25) is 4.79 Å². The lowest BCUT2D eigenvalue weighted by molar-refractivity contribution is -0.114. The first-order chi connectivity index (χ1) is 13.3. The monoisotopic (exact) mass is 400 g/mol. The Morgan fingerprint density at radius 2 is 1.79 bits per heavy atom. The van der Waals surface area contributed by atoms with Gasteiger partial charge in [-0.25, -0.2) is 8.42 Å². The number of sulfonamides is 1. The molecule has 2 N–H and O–H groups in total. The van der Waals surface area contributed by atoms with Crippen molar-refractivity contribution in [3.8, 4) is 11.4 Å². The molecule has 0 fully saturated rings. The van der Waals surface area contributed by atoms with Crippen LogP contribution in [0.1, 0.15) is 31.3 Å². The van der Waals surface area contributed by atoms with Gasteiger partial charge in [-0.2, -0.15) is 9.71 Å². The van der Waals surface area contributed by atoms with Crippen molar-refractivity contribution < 1.29 is 17.7 Å². The number of benzene rings is 2. The van der Waals surface area contributed by atoms with Gasteiger partial charge in [0.1, 0.15) is 0 Å². The molecule has 0 aliphatic heterocycles. The Morgan fingerprint density at radius 3 is 2.43 bits per heavy atom. The second-order valence-electron chi connectivity index (χ2n) is 6.32. The quantitative estimate of drug-likeness (QED) is 0.657. The number of aryl methyl sites for hydroxylation is 1. The van der Waals surface area contributed by atoms with Gasteiger partial charge < -0.3 is 9.84 Å². The zero-order valence-electron chi connectivity index (χ0n) is 15.6. The fourth-order valence-corrected chi connectivity index (χ4v) is 3.81. The molecule has 0 aliphatic rings. The van der Waals surface area contributed by atoms with Gasteiger partial charge >= 0.3 is 0 Å². The second-order valence-corrected chi connectivity index (χ2v) is 8.03. The number of amides is 1. The van der Waals surface area contributed by atoms with Crippen molar-refractivity contribution in [1.82, 2.24) is 14.9 Å². The zero-order chi connectivity index (χ0) is 20.3. The van der Waals surface area contributed by atoms with Crippen LogP contribution < -0.4 is 10.0 Å². The maximum Gasteiger partial charge on any atom is 0.244 e. The van der Waals surface area contributed by atoms with E-state index >= 15 is 0 Å². The SMILES string of the molecule is CC(=O)Nc1ccc(S(=O)(=O)NC(C)c2nc(-c3ccccc3C)no2)cc1. The van der Waals surface area contributed by atoms with Crippen LogP contribution in [-0.4, -0.2) is 24.5 Å². The van der Waals surface area contributed by atoms with Gasteiger partial charge in [0.25, 0.3) is 0 Å². The van der Waals surface area contributed by atoms with Crippen molar-refractivity contribution in [3.63, 3.8) is 0 Å². The highest BCUT2D eigenvalue weighted by atomic mass is 32.2. The predicted molar refractivity (Wildman–Crippen MR) is 104 cm³/mol. The molecule has 0 spiro atoms. The molecule has 0 bridgehead atoms. The normalized spacial score (nSPS) is 12.5. The van der Waals surface area contributed by atoms with Gasteiger partial charge in [0.2, 0.25) is 27.6 Å². The first-order valence-electron chi connectivity index (χ1n) is 8.56. The average Bonchev–Trinajstić information content (AvgIpc) is 3.12. The number of hydrogen-bond donors (Lipinski definition) is 2. The molecule has 9 heteroatoms. The third kappa shape index (κ3) is 4.44. The summed E-state index contributed by atoms with van der Waals surface area (Å²) in [5.74, 6) is 0.332. The van der Waals surface area contributed by atoms with Crippen LogP contribution in [0, 0.1) is 6.92 Å². The molecule has 1 aromatic heterocycles. The van der Waals surface area contributed by atoms with Crippen molar-refractivity contribution in [2.24, 2.45) is 0 Å². The first-order valence-corrected chi connectivity index (χ1v) is 10.0. The number of carbonyl (C=O) groups is 1. The summed E-state index contributed by atoms with van der Waals surface area (Å²) in [4.78, 5) is 15.4. The summed E-state index contributed by atoms with van der Waals surface area (Å²) in [7, 11) is -3.81. The summed E-state index contributed by atoms with van der Waals surface area (Å²) >= 11 is 0. The third-order valence-corrected chi connectivity index (χ3v) is 5.57. The molecule has 2 aromatic carbocycles. The number of nitrogens with one attached hydrogen (secondary N) is 2. The minimum atomic E-state index is -3.81. The van der Waals surface area contributed by atoms with E-state index in [1.54, 1.807) is 6.92 Å². The van der Waals surface area contributed by atoms with Crippen LogP contribution in [0.15, 0.2) is 57.9 Å². The molecule has 8 nitrogen and oxygen atoms in total. The fourth-order valence-electron chi connectivity index (χ4n) is 2.62. The molecule has 28 heavy (non-hydrogen) atoms. The van der Waals surface area contributed by atoms with E-state index < -0.39 is 16.1 Å². The smallest absolute Gasteiger partial charge is 0.244 e. The summed E-state index contributed by atoms with van der Waals surface area (Å²) in [6.07, 6.45) is 0. The van der Waals surface area contributed by atoms with E-state index in [0.29, 0.717) is 11.5 Å². The van der Waals surface area contributed by atoms with E-state index in [4.69, 9.17) is 4.52 Å². The van der Waals surface area contributed by atoms with Crippen LogP contribution in [-0.2, 0) is 14.8 Å². The topological polar surface area (TPSA) is 114 Å². The maximum absolute atomic E-state index is 12.6. The maximum atomic E-state index is 12.6. The fraction of sp³-hybridized carbons (Fsp3) is 0.211. The van der Waals surface area contributed by atoms with Crippen molar-refractivity contribution in [1.29, 1.82) is 0 Å². The standard InChI is InChI=1S/C19H20N4O4S/c1-12-6-4-5-7-17(12)18-21-19(27-22-18)13(2)23-28(25,26)16-10-8-15(9-11-16)20-14(3)24/h4-11,13,23H,1-3H3,(H,20,24). The van der Waals surface area contributed by atoms with Crippen LogP contribution in [0.2, 0.25) is 0 Å². The Labute approximate surface area is 163 Å². The molecule has 0 saturated carbocycles. The minimum Gasteiger partial charge on any atom is -0.337 e. The van der Waals surface area contributed by atoms with E-state index in [1.807, 2.05) is 31.2 Å². The van der Waals surface area contributed by atoms with Crippen LogP contribution in [0.25, 0.3) is 11.4 Å². The van der Waals surface area contributed by atoms with Crippen LogP contribution in [0.5, 0.6) is 0 Å². The van der Waals surface area contributed by atoms with Crippen LogP contribution in [0.4, 0.5) is 5.69 Å². The number of hydrogen-bond acceptors (Lipinski definition) is 6. The van der Waals surface area contributed by atoms with E-state index in [2.05, 4.69) is 20.2 Å². The van der Waals surface area contributed by atoms with Crippen molar-refractivity contribution in [2.75, 3.05) is 5.32 Å². The lowest BCUT2D eigenvalue weighted by Gasteiger charge is -2.11. The average molecular weight is 400 g/mol. The molecular formula is C19H20N4O4S. The number of rotatable bonds is 6. The highest BCUT2D eigenvalue weighted by Crippen LogP contribution is 2.23. The molecule has 3 aromatic rings. The number of aromatic nitrogens is 2. The minimum absolute atomic E-state index is 0.0621.